The van der Waals surface area contributed by atoms with Crippen molar-refractivity contribution in [1.82, 2.24) is 10.2 Å². The smallest absolute Gasteiger partial charge is 0.223 e. The first-order chi connectivity index (χ1) is 10.4. The Morgan fingerprint density at radius 2 is 2.04 bits per heavy atom. The Kier molecular flexibility index (Phi) is 6.59. The summed E-state index contributed by atoms with van der Waals surface area (Å²) in [5.74, 6) is -1.14. The van der Waals surface area contributed by atoms with Gasteiger partial charge in [-0.3, -0.25) is 9.59 Å². The molecule has 0 saturated carbocycles. The molecule has 8 heteroatoms. The molecule has 1 aliphatic rings. The molecule has 2 amide bonds. The molecule has 7 nitrogen and oxygen atoms in total. The topological polar surface area (TPSA) is 107 Å². The third-order valence-electron chi connectivity index (χ3n) is 4.13. The van der Waals surface area contributed by atoms with Gasteiger partial charge in [0, 0.05) is 30.5 Å². The van der Waals surface area contributed by atoms with Gasteiger partial charge >= 0.3 is 0 Å². The van der Waals surface area contributed by atoms with Crippen LogP contribution in [-0.2, 0) is 19.7 Å². The van der Waals surface area contributed by atoms with E-state index in [1.165, 1.54) is 13.8 Å². The second-order valence-electron chi connectivity index (χ2n) is 6.96. The minimum absolute atomic E-state index is 0.0351. The van der Waals surface area contributed by atoms with Gasteiger partial charge in [-0.1, -0.05) is 6.92 Å². The van der Waals surface area contributed by atoms with Crippen LogP contribution in [0.3, 0.4) is 0 Å². The van der Waals surface area contributed by atoms with Crippen LogP contribution in [0.5, 0.6) is 0 Å². The van der Waals surface area contributed by atoms with Crippen LogP contribution in [-0.4, -0.2) is 53.6 Å². The number of likely N-dealkylation sites (tertiary alicyclic amines) is 1. The molecular formula is C15H27N2O5S-. The summed E-state index contributed by atoms with van der Waals surface area (Å²) in [4.78, 5) is 26.0. The highest BCUT2D eigenvalue weighted by Crippen LogP contribution is 2.21. The first kappa shape index (κ1) is 19.9. The van der Waals surface area contributed by atoms with E-state index in [0.29, 0.717) is 19.3 Å². The second kappa shape index (κ2) is 7.61. The Morgan fingerprint density at radius 1 is 1.43 bits per heavy atom. The van der Waals surface area contributed by atoms with Crippen molar-refractivity contribution in [2.45, 2.75) is 65.0 Å². The quantitative estimate of drug-likeness (QED) is 0.655. The van der Waals surface area contributed by atoms with Crippen molar-refractivity contribution in [3.8, 4) is 0 Å². The van der Waals surface area contributed by atoms with E-state index in [-0.39, 0.29) is 23.8 Å². The highest BCUT2D eigenvalue weighted by Gasteiger charge is 2.31. The van der Waals surface area contributed by atoms with Gasteiger partial charge in [0.25, 0.3) is 0 Å². The molecule has 0 bridgehead atoms. The van der Waals surface area contributed by atoms with Gasteiger partial charge < -0.3 is 14.8 Å². The summed E-state index contributed by atoms with van der Waals surface area (Å²) < 4.78 is 32.7. The Balaban J connectivity index is 2.66. The van der Waals surface area contributed by atoms with Gasteiger partial charge in [0.15, 0.2) is 0 Å². The van der Waals surface area contributed by atoms with Gasteiger partial charge in [0.1, 0.15) is 0 Å². The van der Waals surface area contributed by atoms with Gasteiger partial charge in [-0.2, -0.15) is 0 Å². The molecule has 0 radical (unpaired) electrons. The Labute approximate surface area is 138 Å². The summed E-state index contributed by atoms with van der Waals surface area (Å²) in [5.41, 5.74) is -1.11. The van der Waals surface area contributed by atoms with Crippen LogP contribution < -0.4 is 5.32 Å². The Bertz CT molecular complexity index is 544. The first-order valence-corrected chi connectivity index (χ1v) is 9.58. The number of rotatable bonds is 8. The SMILES string of the molecule is CCC(CC(C)N1CCCC1=O)C(=O)NC(C)(C)CS(=O)(=O)[O-]. The van der Waals surface area contributed by atoms with Crippen LogP contribution in [0.4, 0.5) is 0 Å². The summed E-state index contributed by atoms with van der Waals surface area (Å²) in [6, 6.07) is -0.0351. The van der Waals surface area contributed by atoms with E-state index in [4.69, 9.17) is 0 Å². The predicted octanol–water partition coefficient (Wildman–Crippen LogP) is 0.854. The van der Waals surface area contributed by atoms with Crippen LogP contribution in [0.25, 0.3) is 0 Å². The van der Waals surface area contributed by atoms with Crippen LogP contribution in [0.1, 0.15) is 53.4 Å². The molecule has 23 heavy (non-hydrogen) atoms. The molecular weight excluding hydrogens is 320 g/mol. The van der Waals surface area contributed by atoms with E-state index < -0.39 is 21.4 Å². The summed E-state index contributed by atoms with van der Waals surface area (Å²) in [5, 5.41) is 2.65. The molecule has 0 aromatic heterocycles. The maximum atomic E-state index is 12.4. The molecule has 134 valence electrons. The fraction of sp³-hybridized carbons (Fsp3) is 0.867. The van der Waals surface area contributed by atoms with Gasteiger partial charge in [-0.25, -0.2) is 8.42 Å². The maximum absolute atomic E-state index is 12.4. The molecule has 2 unspecified atom stereocenters. The lowest BCUT2D eigenvalue weighted by molar-refractivity contribution is -0.132. The van der Waals surface area contributed by atoms with Crippen molar-refractivity contribution in [3.63, 3.8) is 0 Å². The number of nitrogens with one attached hydrogen (secondary N) is 1. The maximum Gasteiger partial charge on any atom is 0.223 e. The average molecular weight is 347 g/mol. The normalized spacial score (nSPS) is 18.8. The van der Waals surface area contributed by atoms with E-state index in [1.54, 1.807) is 4.90 Å². The number of hydrogen-bond acceptors (Lipinski definition) is 5. The van der Waals surface area contributed by atoms with Crippen molar-refractivity contribution in [1.29, 1.82) is 0 Å². The third-order valence-corrected chi connectivity index (χ3v) is 5.21. The van der Waals surface area contributed by atoms with E-state index in [2.05, 4.69) is 5.32 Å². The molecule has 2 atom stereocenters. The highest BCUT2D eigenvalue weighted by atomic mass is 32.2. The minimum atomic E-state index is -4.42. The molecule has 1 aliphatic heterocycles. The van der Waals surface area contributed by atoms with Crippen LogP contribution in [0.2, 0.25) is 0 Å². The van der Waals surface area contributed by atoms with Gasteiger partial charge in [0.2, 0.25) is 11.8 Å². The molecule has 1 heterocycles. The monoisotopic (exact) mass is 347 g/mol. The first-order valence-electron chi connectivity index (χ1n) is 8.00. The van der Waals surface area contributed by atoms with Crippen molar-refractivity contribution in [2.75, 3.05) is 12.3 Å². The largest absolute Gasteiger partial charge is 0.748 e. The molecule has 0 aromatic carbocycles. The molecule has 1 fully saturated rings. The lowest BCUT2D eigenvalue weighted by Gasteiger charge is -2.31. The molecule has 0 aromatic rings. The van der Waals surface area contributed by atoms with E-state index in [0.717, 1.165) is 13.0 Å². The standard InChI is InChI=1S/C15H28N2O5S/c1-5-12(9-11(2)17-8-6-7-13(17)18)14(19)16-15(3,4)10-23(20,21)22/h11-12H,5-10H2,1-4H3,(H,16,19)(H,20,21,22)/p-1. The Morgan fingerprint density at radius 3 is 2.48 bits per heavy atom. The minimum Gasteiger partial charge on any atom is -0.748 e. The van der Waals surface area contributed by atoms with Gasteiger partial charge in [0.05, 0.1) is 15.9 Å². The predicted molar refractivity (Wildman–Crippen MR) is 85.6 cm³/mol. The summed E-state index contributed by atoms with van der Waals surface area (Å²) in [6.45, 7) is 7.55. The molecule has 0 spiro atoms. The lowest BCUT2D eigenvalue weighted by atomic mass is 9.95. The number of nitrogens with zero attached hydrogens (tertiary/aromatic N) is 1. The van der Waals surface area contributed by atoms with Crippen LogP contribution in [0, 0.1) is 5.92 Å². The summed E-state index contributed by atoms with van der Waals surface area (Å²) >= 11 is 0. The second-order valence-corrected chi connectivity index (χ2v) is 8.36. The van der Waals surface area contributed by atoms with Crippen molar-refractivity contribution >= 4 is 21.9 Å². The fourth-order valence-electron chi connectivity index (χ4n) is 3.05. The zero-order valence-corrected chi connectivity index (χ0v) is 15.1. The molecule has 1 N–H and O–H groups in total. The molecule has 1 saturated heterocycles. The number of hydrogen-bond donors (Lipinski definition) is 1. The third kappa shape index (κ3) is 6.47. The molecule has 1 rings (SSSR count). The highest BCUT2D eigenvalue weighted by molar-refractivity contribution is 7.85. The van der Waals surface area contributed by atoms with Crippen molar-refractivity contribution in [3.05, 3.63) is 0 Å². The average Bonchev–Trinajstić information content (AvgIpc) is 2.78. The van der Waals surface area contributed by atoms with E-state index >= 15 is 0 Å². The van der Waals surface area contributed by atoms with Crippen LogP contribution >= 0.6 is 0 Å². The van der Waals surface area contributed by atoms with Crippen molar-refractivity contribution < 1.29 is 22.6 Å². The van der Waals surface area contributed by atoms with Crippen LogP contribution in [0.15, 0.2) is 0 Å². The number of carbonyl (C=O) groups excluding carboxylic acids is 2. The number of amides is 2. The summed E-state index contributed by atoms with van der Waals surface area (Å²) in [7, 11) is -4.42. The fourth-order valence-corrected chi connectivity index (χ4v) is 4.00. The molecule has 0 aliphatic carbocycles. The van der Waals surface area contributed by atoms with E-state index in [9.17, 15) is 22.6 Å². The summed E-state index contributed by atoms with van der Waals surface area (Å²) in [6.07, 6.45) is 2.51. The zero-order valence-electron chi connectivity index (χ0n) is 14.3. The van der Waals surface area contributed by atoms with Gasteiger partial charge in [-0.05, 0) is 40.0 Å². The number of carbonyl (C=O) groups is 2. The Hall–Kier alpha value is -1.15. The van der Waals surface area contributed by atoms with Gasteiger partial charge in [-0.15, -0.1) is 0 Å². The van der Waals surface area contributed by atoms with E-state index in [1.807, 2.05) is 13.8 Å². The van der Waals surface area contributed by atoms with Crippen molar-refractivity contribution in [2.24, 2.45) is 5.92 Å². The lowest BCUT2D eigenvalue weighted by Crippen LogP contribution is -2.51. The zero-order chi connectivity index (χ0) is 17.8.